The molecule has 2 aromatic rings. The van der Waals surface area contributed by atoms with Gasteiger partial charge in [0.15, 0.2) is 0 Å². The van der Waals surface area contributed by atoms with E-state index in [2.05, 4.69) is 20.9 Å². The van der Waals surface area contributed by atoms with Gasteiger partial charge in [0.2, 0.25) is 5.91 Å². The Bertz CT molecular complexity index is 712. The van der Waals surface area contributed by atoms with Crippen LogP contribution in [0.3, 0.4) is 0 Å². The van der Waals surface area contributed by atoms with Gasteiger partial charge in [-0.05, 0) is 49.7 Å². The molecule has 1 atom stereocenters. The molecule has 24 heavy (non-hydrogen) atoms. The van der Waals surface area contributed by atoms with Crippen LogP contribution in [0.1, 0.15) is 23.2 Å². The number of piperidine rings is 1. The van der Waals surface area contributed by atoms with Gasteiger partial charge < -0.3 is 16.0 Å². The van der Waals surface area contributed by atoms with Crippen molar-refractivity contribution in [2.75, 3.05) is 23.7 Å². The van der Waals surface area contributed by atoms with Gasteiger partial charge in [0.1, 0.15) is 5.82 Å². The molecule has 1 aliphatic rings. The molecular weight excluding hydrogens is 304 g/mol. The standard InChI is InChI=1S/C18H20N4O2/c23-17(22-16-8-1-2-10-20-16)13-5-3-7-15(11-13)21-18(24)14-6-4-9-19-12-14/h1-3,5,7-8,10-11,14,19H,4,6,9,12H2,(H,21,24)(H,20,22,23). The van der Waals surface area contributed by atoms with Crippen molar-refractivity contribution in [2.45, 2.75) is 12.8 Å². The van der Waals surface area contributed by atoms with Crippen LogP contribution in [0.4, 0.5) is 11.5 Å². The first-order valence-electron chi connectivity index (χ1n) is 8.06. The molecule has 1 aromatic carbocycles. The number of nitrogens with one attached hydrogen (secondary N) is 3. The molecule has 124 valence electrons. The van der Waals surface area contributed by atoms with Crippen LogP contribution in [-0.2, 0) is 4.79 Å². The lowest BCUT2D eigenvalue weighted by Gasteiger charge is -2.22. The number of pyridine rings is 1. The molecule has 6 heteroatoms. The number of hydrogen-bond acceptors (Lipinski definition) is 4. The molecule has 1 saturated heterocycles. The molecule has 0 bridgehead atoms. The third-order valence-corrected chi connectivity index (χ3v) is 3.97. The van der Waals surface area contributed by atoms with Gasteiger partial charge >= 0.3 is 0 Å². The van der Waals surface area contributed by atoms with Crippen molar-refractivity contribution >= 4 is 23.3 Å². The SMILES string of the molecule is O=C(Nc1ccccn1)c1cccc(NC(=O)C2CCCNC2)c1. The van der Waals surface area contributed by atoms with E-state index in [1.807, 2.05) is 0 Å². The maximum absolute atomic E-state index is 12.3. The summed E-state index contributed by atoms with van der Waals surface area (Å²) < 4.78 is 0. The van der Waals surface area contributed by atoms with E-state index < -0.39 is 0 Å². The van der Waals surface area contributed by atoms with Crippen molar-refractivity contribution < 1.29 is 9.59 Å². The number of carbonyl (C=O) groups excluding carboxylic acids is 2. The number of hydrogen-bond donors (Lipinski definition) is 3. The molecule has 3 rings (SSSR count). The van der Waals surface area contributed by atoms with Crippen LogP contribution in [-0.4, -0.2) is 29.9 Å². The molecule has 0 aliphatic carbocycles. The minimum Gasteiger partial charge on any atom is -0.326 e. The van der Waals surface area contributed by atoms with E-state index in [-0.39, 0.29) is 17.7 Å². The maximum Gasteiger partial charge on any atom is 0.256 e. The van der Waals surface area contributed by atoms with Crippen molar-refractivity contribution in [1.82, 2.24) is 10.3 Å². The van der Waals surface area contributed by atoms with E-state index in [4.69, 9.17) is 0 Å². The number of aromatic nitrogens is 1. The molecular formula is C18H20N4O2. The van der Waals surface area contributed by atoms with E-state index in [1.54, 1.807) is 48.7 Å². The minimum atomic E-state index is -0.260. The molecule has 1 fully saturated rings. The highest BCUT2D eigenvalue weighted by Crippen LogP contribution is 2.16. The lowest BCUT2D eigenvalue weighted by Crippen LogP contribution is -2.37. The quantitative estimate of drug-likeness (QED) is 0.806. The maximum atomic E-state index is 12.3. The first-order valence-corrected chi connectivity index (χ1v) is 8.06. The monoisotopic (exact) mass is 324 g/mol. The summed E-state index contributed by atoms with van der Waals surface area (Å²) in [4.78, 5) is 28.6. The Kier molecular flexibility index (Phi) is 5.18. The van der Waals surface area contributed by atoms with Gasteiger partial charge in [-0.1, -0.05) is 12.1 Å². The van der Waals surface area contributed by atoms with Crippen molar-refractivity contribution in [2.24, 2.45) is 5.92 Å². The van der Waals surface area contributed by atoms with Crippen LogP contribution in [0.25, 0.3) is 0 Å². The van der Waals surface area contributed by atoms with Crippen LogP contribution in [0.15, 0.2) is 48.7 Å². The molecule has 2 amide bonds. The third kappa shape index (κ3) is 4.17. The van der Waals surface area contributed by atoms with E-state index in [0.29, 0.717) is 23.6 Å². The zero-order valence-electron chi connectivity index (χ0n) is 13.3. The highest BCUT2D eigenvalue weighted by molar-refractivity contribution is 6.05. The Morgan fingerprint density at radius 3 is 2.79 bits per heavy atom. The van der Waals surface area contributed by atoms with Crippen LogP contribution in [0.5, 0.6) is 0 Å². The summed E-state index contributed by atoms with van der Waals surface area (Å²) in [5.41, 5.74) is 1.10. The fourth-order valence-corrected chi connectivity index (χ4v) is 2.68. The second-order valence-electron chi connectivity index (χ2n) is 5.78. The number of carbonyl (C=O) groups is 2. The Balaban J connectivity index is 1.65. The summed E-state index contributed by atoms with van der Waals surface area (Å²) in [5, 5.41) is 8.85. The Morgan fingerprint density at radius 2 is 2.04 bits per heavy atom. The summed E-state index contributed by atoms with van der Waals surface area (Å²) in [6.45, 7) is 1.67. The summed E-state index contributed by atoms with van der Waals surface area (Å²) in [6, 6.07) is 12.2. The lowest BCUT2D eigenvalue weighted by molar-refractivity contribution is -0.120. The summed E-state index contributed by atoms with van der Waals surface area (Å²) in [7, 11) is 0. The molecule has 0 radical (unpaired) electrons. The van der Waals surface area contributed by atoms with Gasteiger partial charge in [-0.3, -0.25) is 9.59 Å². The average molecular weight is 324 g/mol. The van der Waals surface area contributed by atoms with Gasteiger partial charge in [-0.15, -0.1) is 0 Å². The van der Waals surface area contributed by atoms with Crippen molar-refractivity contribution in [3.8, 4) is 0 Å². The van der Waals surface area contributed by atoms with Crippen LogP contribution in [0, 0.1) is 5.92 Å². The minimum absolute atomic E-state index is 0.00974. The van der Waals surface area contributed by atoms with Crippen LogP contribution >= 0.6 is 0 Å². The van der Waals surface area contributed by atoms with E-state index in [0.717, 1.165) is 19.4 Å². The summed E-state index contributed by atoms with van der Waals surface area (Å²) >= 11 is 0. The van der Waals surface area contributed by atoms with Crippen molar-refractivity contribution in [1.29, 1.82) is 0 Å². The molecule has 0 spiro atoms. The van der Waals surface area contributed by atoms with E-state index in [1.165, 1.54) is 0 Å². The Labute approximate surface area is 140 Å². The van der Waals surface area contributed by atoms with Crippen LogP contribution in [0.2, 0.25) is 0 Å². The van der Waals surface area contributed by atoms with Gasteiger partial charge in [0, 0.05) is 24.0 Å². The number of rotatable bonds is 4. The number of nitrogens with zero attached hydrogens (tertiary/aromatic N) is 1. The molecule has 3 N–H and O–H groups in total. The van der Waals surface area contributed by atoms with Crippen molar-refractivity contribution in [3.05, 3.63) is 54.2 Å². The normalized spacial score (nSPS) is 17.1. The molecule has 1 unspecified atom stereocenters. The molecule has 2 heterocycles. The topological polar surface area (TPSA) is 83.1 Å². The number of amides is 2. The molecule has 1 aromatic heterocycles. The number of benzene rings is 1. The largest absolute Gasteiger partial charge is 0.326 e. The van der Waals surface area contributed by atoms with E-state index in [9.17, 15) is 9.59 Å². The van der Waals surface area contributed by atoms with Gasteiger partial charge in [-0.25, -0.2) is 4.98 Å². The fourth-order valence-electron chi connectivity index (χ4n) is 2.68. The van der Waals surface area contributed by atoms with Crippen LogP contribution < -0.4 is 16.0 Å². The zero-order chi connectivity index (χ0) is 16.8. The first kappa shape index (κ1) is 16.1. The number of anilines is 2. The zero-order valence-corrected chi connectivity index (χ0v) is 13.3. The van der Waals surface area contributed by atoms with E-state index >= 15 is 0 Å². The lowest BCUT2D eigenvalue weighted by atomic mass is 9.98. The molecule has 1 aliphatic heterocycles. The Morgan fingerprint density at radius 1 is 1.12 bits per heavy atom. The highest BCUT2D eigenvalue weighted by Gasteiger charge is 2.21. The molecule has 0 saturated carbocycles. The second-order valence-corrected chi connectivity index (χ2v) is 5.78. The molecule has 6 nitrogen and oxygen atoms in total. The fraction of sp³-hybridized carbons (Fsp3) is 0.278. The second kappa shape index (κ2) is 7.70. The first-order chi connectivity index (χ1) is 11.7. The average Bonchev–Trinajstić information content (AvgIpc) is 2.63. The predicted octanol–water partition coefficient (Wildman–Crippen LogP) is 2.27. The summed E-state index contributed by atoms with van der Waals surface area (Å²) in [6.07, 6.45) is 3.51. The van der Waals surface area contributed by atoms with Gasteiger partial charge in [-0.2, -0.15) is 0 Å². The smallest absolute Gasteiger partial charge is 0.256 e. The van der Waals surface area contributed by atoms with Gasteiger partial charge in [0.05, 0.1) is 5.92 Å². The van der Waals surface area contributed by atoms with Crippen molar-refractivity contribution in [3.63, 3.8) is 0 Å². The summed E-state index contributed by atoms with van der Waals surface area (Å²) in [5.74, 6) is 0.198. The third-order valence-electron chi connectivity index (χ3n) is 3.97. The Hall–Kier alpha value is -2.73. The highest BCUT2D eigenvalue weighted by atomic mass is 16.2. The van der Waals surface area contributed by atoms with Gasteiger partial charge in [0.25, 0.3) is 5.91 Å². The predicted molar refractivity (Wildman–Crippen MR) is 92.9 cm³/mol.